The first-order valence-electron chi connectivity index (χ1n) is 6.23. The van der Waals surface area contributed by atoms with Crippen LogP contribution < -0.4 is 15.2 Å². The highest BCUT2D eigenvalue weighted by atomic mass is 19.2. The monoisotopic (exact) mass is 277 g/mol. The quantitative estimate of drug-likeness (QED) is 0.938. The Balaban J connectivity index is 1.82. The largest absolute Gasteiger partial charge is 0.454 e. The normalized spacial score (nSPS) is 14.3. The zero-order chi connectivity index (χ0) is 14.1. The van der Waals surface area contributed by atoms with E-state index in [0.29, 0.717) is 11.5 Å². The maximum Gasteiger partial charge on any atom is 0.231 e. The van der Waals surface area contributed by atoms with Crippen LogP contribution in [0.1, 0.15) is 17.2 Å². The lowest BCUT2D eigenvalue weighted by molar-refractivity contribution is 0.174. The molecule has 3 rings (SSSR count). The first kappa shape index (κ1) is 12.9. The third-order valence-corrected chi connectivity index (χ3v) is 3.30. The molecule has 0 aromatic heterocycles. The minimum absolute atomic E-state index is 0.187. The molecule has 0 saturated heterocycles. The average molecular weight is 277 g/mol. The van der Waals surface area contributed by atoms with Crippen molar-refractivity contribution in [3.05, 3.63) is 59.2 Å². The first-order chi connectivity index (χ1) is 9.65. The van der Waals surface area contributed by atoms with Crippen molar-refractivity contribution in [3.63, 3.8) is 0 Å². The zero-order valence-corrected chi connectivity index (χ0v) is 10.6. The molecule has 2 aromatic carbocycles. The summed E-state index contributed by atoms with van der Waals surface area (Å²) in [6.07, 6.45) is 0.212. The Morgan fingerprint density at radius 2 is 1.90 bits per heavy atom. The Labute approximate surface area is 114 Å². The van der Waals surface area contributed by atoms with Gasteiger partial charge in [-0.3, -0.25) is 0 Å². The lowest BCUT2D eigenvalue weighted by atomic mass is 9.99. The standard InChI is InChI=1S/C15H13F2NO2/c16-11-3-1-2-10(15(11)17)6-12(18)9-4-5-13-14(7-9)20-8-19-13/h1-5,7,12H,6,8,18H2. The SMILES string of the molecule is NC(Cc1cccc(F)c1F)c1ccc2c(c1)OCO2. The van der Waals surface area contributed by atoms with E-state index in [4.69, 9.17) is 15.2 Å². The minimum atomic E-state index is -0.861. The molecule has 0 fully saturated rings. The van der Waals surface area contributed by atoms with Gasteiger partial charge in [-0.1, -0.05) is 18.2 Å². The molecule has 1 aliphatic rings. The van der Waals surface area contributed by atoms with Crippen molar-refractivity contribution in [1.29, 1.82) is 0 Å². The Bertz CT molecular complexity index is 646. The van der Waals surface area contributed by atoms with Crippen molar-refractivity contribution < 1.29 is 18.3 Å². The summed E-state index contributed by atoms with van der Waals surface area (Å²) in [4.78, 5) is 0. The van der Waals surface area contributed by atoms with Crippen LogP contribution in [-0.4, -0.2) is 6.79 Å². The number of benzene rings is 2. The second-order valence-electron chi connectivity index (χ2n) is 4.64. The summed E-state index contributed by atoms with van der Waals surface area (Å²) in [6, 6.07) is 8.98. The Kier molecular flexibility index (Phi) is 3.28. The smallest absolute Gasteiger partial charge is 0.231 e. The number of hydrogen-bond donors (Lipinski definition) is 1. The van der Waals surface area contributed by atoms with E-state index < -0.39 is 17.7 Å². The van der Waals surface area contributed by atoms with Crippen LogP contribution in [0.3, 0.4) is 0 Å². The summed E-state index contributed by atoms with van der Waals surface area (Å²) in [5, 5.41) is 0. The van der Waals surface area contributed by atoms with E-state index in [9.17, 15) is 8.78 Å². The first-order valence-corrected chi connectivity index (χ1v) is 6.23. The fraction of sp³-hybridized carbons (Fsp3) is 0.200. The van der Waals surface area contributed by atoms with Crippen LogP contribution in [0.2, 0.25) is 0 Å². The number of hydrogen-bond acceptors (Lipinski definition) is 3. The molecule has 104 valence electrons. The van der Waals surface area contributed by atoms with Crippen molar-refractivity contribution in [3.8, 4) is 11.5 Å². The molecule has 0 bridgehead atoms. The average Bonchev–Trinajstić information content (AvgIpc) is 2.91. The summed E-state index contributed by atoms with van der Waals surface area (Å²) in [7, 11) is 0. The van der Waals surface area contributed by atoms with Gasteiger partial charge in [-0.15, -0.1) is 0 Å². The molecule has 0 aliphatic carbocycles. The van der Waals surface area contributed by atoms with Crippen LogP contribution in [0.4, 0.5) is 8.78 Å². The molecule has 1 heterocycles. The molecule has 0 radical (unpaired) electrons. The second kappa shape index (κ2) is 5.09. The van der Waals surface area contributed by atoms with Crippen molar-refractivity contribution in [1.82, 2.24) is 0 Å². The van der Waals surface area contributed by atoms with Gasteiger partial charge >= 0.3 is 0 Å². The predicted molar refractivity (Wildman–Crippen MR) is 69.6 cm³/mol. The molecule has 5 heteroatoms. The molecular formula is C15H13F2NO2. The molecular weight excluding hydrogens is 264 g/mol. The van der Waals surface area contributed by atoms with Crippen molar-refractivity contribution in [2.24, 2.45) is 5.73 Å². The van der Waals surface area contributed by atoms with Gasteiger partial charge in [0.25, 0.3) is 0 Å². The topological polar surface area (TPSA) is 44.5 Å². The highest BCUT2D eigenvalue weighted by molar-refractivity contribution is 5.45. The van der Waals surface area contributed by atoms with Crippen molar-refractivity contribution in [2.45, 2.75) is 12.5 Å². The Morgan fingerprint density at radius 3 is 2.75 bits per heavy atom. The zero-order valence-electron chi connectivity index (χ0n) is 10.6. The predicted octanol–water partition coefficient (Wildman–Crippen LogP) is 2.94. The molecule has 0 saturated carbocycles. The van der Waals surface area contributed by atoms with E-state index in [0.717, 1.165) is 11.6 Å². The van der Waals surface area contributed by atoms with Gasteiger partial charge in [0, 0.05) is 6.04 Å². The molecule has 20 heavy (non-hydrogen) atoms. The van der Waals surface area contributed by atoms with Crippen LogP contribution in [0, 0.1) is 11.6 Å². The van der Waals surface area contributed by atoms with Crippen LogP contribution in [0.25, 0.3) is 0 Å². The number of nitrogens with two attached hydrogens (primary N) is 1. The van der Waals surface area contributed by atoms with Crippen LogP contribution in [-0.2, 0) is 6.42 Å². The molecule has 1 aliphatic heterocycles. The summed E-state index contributed by atoms with van der Waals surface area (Å²) in [6.45, 7) is 0.187. The van der Waals surface area contributed by atoms with Gasteiger partial charge in [-0.05, 0) is 35.7 Å². The summed E-state index contributed by atoms with van der Waals surface area (Å²) in [5.41, 5.74) is 7.10. The Morgan fingerprint density at radius 1 is 1.10 bits per heavy atom. The van der Waals surface area contributed by atoms with E-state index in [1.165, 1.54) is 12.1 Å². The van der Waals surface area contributed by atoms with Gasteiger partial charge in [0.05, 0.1) is 0 Å². The van der Waals surface area contributed by atoms with Crippen LogP contribution >= 0.6 is 0 Å². The molecule has 0 spiro atoms. The van der Waals surface area contributed by atoms with Gasteiger partial charge in [-0.25, -0.2) is 8.78 Å². The highest BCUT2D eigenvalue weighted by Gasteiger charge is 2.17. The molecule has 3 nitrogen and oxygen atoms in total. The van der Waals surface area contributed by atoms with E-state index in [1.807, 2.05) is 0 Å². The third kappa shape index (κ3) is 2.32. The number of rotatable bonds is 3. The maximum absolute atomic E-state index is 13.6. The van der Waals surface area contributed by atoms with Gasteiger partial charge in [-0.2, -0.15) is 0 Å². The molecule has 1 atom stereocenters. The fourth-order valence-electron chi connectivity index (χ4n) is 2.20. The fourth-order valence-corrected chi connectivity index (χ4v) is 2.20. The van der Waals surface area contributed by atoms with Gasteiger partial charge in [0.2, 0.25) is 6.79 Å². The molecule has 1 unspecified atom stereocenters. The lowest BCUT2D eigenvalue weighted by Gasteiger charge is -2.13. The Hall–Kier alpha value is -2.14. The van der Waals surface area contributed by atoms with Crippen molar-refractivity contribution >= 4 is 0 Å². The molecule has 0 amide bonds. The van der Waals surface area contributed by atoms with E-state index in [2.05, 4.69) is 0 Å². The van der Waals surface area contributed by atoms with Gasteiger partial charge < -0.3 is 15.2 Å². The lowest BCUT2D eigenvalue weighted by Crippen LogP contribution is -2.14. The summed E-state index contributed by atoms with van der Waals surface area (Å²) in [5.74, 6) is -0.417. The van der Waals surface area contributed by atoms with E-state index in [-0.39, 0.29) is 18.8 Å². The summed E-state index contributed by atoms with van der Waals surface area (Å²) >= 11 is 0. The number of halogens is 2. The minimum Gasteiger partial charge on any atom is -0.454 e. The number of ether oxygens (including phenoxy) is 2. The maximum atomic E-state index is 13.6. The third-order valence-electron chi connectivity index (χ3n) is 3.30. The van der Waals surface area contributed by atoms with E-state index >= 15 is 0 Å². The molecule has 2 N–H and O–H groups in total. The summed E-state index contributed by atoms with van der Waals surface area (Å²) < 4.78 is 37.3. The second-order valence-corrected chi connectivity index (χ2v) is 4.64. The van der Waals surface area contributed by atoms with Crippen molar-refractivity contribution in [2.75, 3.05) is 6.79 Å². The van der Waals surface area contributed by atoms with Gasteiger partial charge in [0.15, 0.2) is 23.1 Å². The van der Waals surface area contributed by atoms with Crippen LogP contribution in [0.5, 0.6) is 11.5 Å². The van der Waals surface area contributed by atoms with Gasteiger partial charge in [0.1, 0.15) is 0 Å². The molecule has 2 aromatic rings. The highest BCUT2D eigenvalue weighted by Crippen LogP contribution is 2.34. The van der Waals surface area contributed by atoms with E-state index in [1.54, 1.807) is 18.2 Å². The van der Waals surface area contributed by atoms with Crippen LogP contribution in [0.15, 0.2) is 36.4 Å². The number of fused-ring (bicyclic) bond motifs is 1.